The summed E-state index contributed by atoms with van der Waals surface area (Å²) in [7, 11) is 0. The van der Waals surface area contributed by atoms with Crippen molar-refractivity contribution in [1.29, 1.82) is 0 Å². The Kier molecular flexibility index (Phi) is 2.04. The first-order valence-corrected chi connectivity index (χ1v) is 3.43. The van der Waals surface area contributed by atoms with Gasteiger partial charge in [-0.2, -0.15) is 0 Å². The summed E-state index contributed by atoms with van der Waals surface area (Å²) in [5.74, 6) is -2.83. The van der Waals surface area contributed by atoms with E-state index in [1.807, 2.05) is 0 Å². The molecule has 1 N–H and O–H groups in total. The molecule has 0 aliphatic heterocycles. The topological polar surface area (TPSA) is 38.3 Å². The molecule has 12 heavy (non-hydrogen) atoms. The number of amides is 1. The summed E-state index contributed by atoms with van der Waals surface area (Å²) in [5, 5.41) is 2.16. The Morgan fingerprint density at radius 2 is 2.25 bits per heavy atom. The molecule has 0 aromatic carbocycles. The van der Waals surface area contributed by atoms with E-state index in [1.165, 1.54) is 6.92 Å². The van der Waals surface area contributed by atoms with Crippen LogP contribution in [0.1, 0.15) is 13.3 Å². The van der Waals surface area contributed by atoms with E-state index in [-0.39, 0.29) is 6.42 Å². The monoisotopic (exact) mass is 177 g/mol. The van der Waals surface area contributed by atoms with Gasteiger partial charge >= 0.3 is 6.09 Å². The number of alkyl carbamates (subject to hydrolysis) is 1. The van der Waals surface area contributed by atoms with Gasteiger partial charge in [-0.05, 0) is 6.92 Å². The van der Waals surface area contributed by atoms with Crippen LogP contribution in [0.3, 0.4) is 0 Å². The van der Waals surface area contributed by atoms with E-state index in [0.717, 1.165) is 0 Å². The largest absolute Gasteiger partial charge is 0.439 e. The summed E-state index contributed by atoms with van der Waals surface area (Å²) in [5.41, 5.74) is 0.365. The highest BCUT2D eigenvalue weighted by atomic mass is 19.3. The third-order valence-corrected chi connectivity index (χ3v) is 1.33. The number of halogens is 2. The van der Waals surface area contributed by atoms with Crippen LogP contribution in [-0.2, 0) is 4.74 Å². The van der Waals surface area contributed by atoms with Gasteiger partial charge in [0.2, 0.25) is 0 Å². The van der Waals surface area contributed by atoms with E-state index < -0.39 is 18.1 Å². The predicted molar refractivity (Wildman–Crippen MR) is 37.8 cm³/mol. The molecule has 1 amide bonds. The first-order chi connectivity index (χ1) is 5.42. The molecule has 1 aliphatic rings. The molecule has 0 heterocycles. The lowest BCUT2D eigenvalue weighted by atomic mass is 10.6. The zero-order valence-corrected chi connectivity index (χ0v) is 6.56. The maximum atomic E-state index is 12.2. The first-order valence-electron chi connectivity index (χ1n) is 3.43. The molecule has 1 aliphatic carbocycles. The summed E-state index contributed by atoms with van der Waals surface area (Å²) >= 11 is 0. The van der Waals surface area contributed by atoms with Crippen LogP contribution in [0.5, 0.6) is 0 Å². The molecular weight excluding hydrogens is 168 g/mol. The van der Waals surface area contributed by atoms with Crippen molar-refractivity contribution >= 4 is 6.09 Å². The average Bonchev–Trinajstić information content (AvgIpc) is 2.35. The number of carbonyl (C=O) groups is 1. The number of hydrogen-bond donors (Lipinski definition) is 1. The Morgan fingerprint density at radius 3 is 2.58 bits per heavy atom. The molecule has 1 fully saturated rings. The minimum Gasteiger partial charge on any atom is -0.439 e. The predicted octanol–water partition coefficient (Wildman–Crippen LogP) is 1.65. The van der Waals surface area contributed by atoms with Crippen molar-refractivity contribution in [3.05, 3.63) is 12.3 Å². The Hall–Kier alpha value is -1.13. The van der Waals surface area contributed by atoms with Crippen LogP contribution in [0.2, 0.25) is 0 Å². The molecule has 0 saturated heterocycles. The van der Waals surface area contributed by atoms with Crippen LogP contribution in [0.4, 0.5) is 13.6 Å². The van der Waals surface area contributed by atoms with Gasteiger partial charge in [0.1, 0.15) is 0 Å². The SMILES string of the molecule is C=C(C)NC(=O)OC1CC1(F)F. The van der Waals surface area contributed by atoms with Gasteiger partial charge in [-0.3, -0.25) is 5.32 Å². The van der Waals surface area contributed by atoms with Crippen molar-refractivity contribution in [1.82, 2.24) is 5.32 Å². The fourth-order valence-electron chi connectivity index (χ4n) is 0.649. The van der Waals surface area contributed by atoms with Crippen molar-refractivity contribution < 1.29 is 18.3 Å². The Morgan fingerprint density at radius 1 is 1.75 bits per heavy atom. The van der Waals surface area contributed by atoms with Crippen LogP contribution in [-0.4, -0.2) is 18.1 Å². The van der Waals surface area contributed by atoms with Crippen LogP contribution < -0.4 is 5.32 Å². The second-order valence-electron chi connectivity index (χ2n) is 2.76. The van der Waals surface area contributed by atoms with E-state index >= 15 is 0 Å². The number of nitrogens with one attached hydrogen (secondary N) is 1. The fourth-order valence-corrected chi connectivity index (χ4v) is 0.649. The van der Waals surface area contributed by atoms with Crippen LogP contribution in [0, 0.1) is 0 Å². The summed E-state index contributed by atoms with van der Waals surface area (Å²) in [6.07, 6.45) is -2.50. The highest BCUT2D eigenvalue weighted by Crippen LogP contribution is 2.44. The normalized spacial score (nSPS) is 24.4. The molecule has 0 spiro atoms. The van der Waals surface area contributed by atoms with Gasteiger partial charge in [0.25, 0.3) is 5.92 Å². The number of ether oxygens (including phenoxy) is 1. The molecule has 5 heteroatoms. The van der Waals surface area contributed by atoms with E-state index in [1.54, 1.807) is 0 Å². The molecule has 3 nitrogen and oxygen atoms in total. The summed E-state index contributed by atoms with van der Waals surface area (Å²) in [6.45, 7) is 4.89. The lowest BCUT2D eigenvalue weighted by Crippen LogP contribution is -2.24. The van der Waals surface area contributed by atoms with Gasteiger partial charge < -0.3 is 4.74 Å². The Balaban J connectivity index is 2.25. The van der Waals surface area contributed by atoms with Gasteiger partial charge in [-0.25, -0.2) is 13.6 Å². The summed E-state index contributed by atoms with van der Waals surface area (Å²) in [6, 6.07) is 0. The number of allylic oxidation sites excluding steroid dienone is 1. The number of rotatable bonds is 2. The van der Waals surface area contributed by atoms with Gasteiger partial charge in [-0.15, -0.1) is 0 Å². The lowest BCUT2D eigenvalue weighted by molar-refractivity contribution is 0.0425. The minimum atomic E-state index is -2.83. The molecule has 1 saturated carbocycles. The van der Waals surface area contributed by atoms with Gasteiger partial charge in [-0.1, -0.05) is 6.58 Å². The van der Waals surface area contributed by atoms with Crippen LogP contribution in [0.15, 0.2) is 12.3 Å². The van der Waals surface area contributed by atoms with Gasteiger partial charge in [0.15, 0.2) is 6.10 Å². The van der Waals surface area contributed by atoms with Gasteiger partial charge in [0, 0.05) is 5.70 Å². The lowest BCUT2D eigenvalue weighted by Gasteiger charge is -2.04. The standard InChI is InChI=1S/C7H9F2NO2/c1-4(2)10-6(11)12-5-3-7(5,8)9/h5H,1,3H2,2H3,(H,10,11). The van der Waals surface area contributed by atoms with Crippen LogP contribution >= 0.6 is 0 Å². The number of carbonyl (C=O) groups excluding carboxylic acids is 1. The van der Waals surface area contributed by atoms with E-state index in [9.17, 15) is 13.6 Å². The van der Waals surface area contributed by atoms with Crippen LogP contribution in [0.25, 0.3) is 0 Å². The average molecular weight is 177 g/mol. The first kappa shape index (κ1) is 8.96. The van der Waals surface area contributed by atoms with Crippen molar-refractivity contribution in [2.45, 2.75) is 25.4 Å². The van der Waals surface area contributed by atoms with E-state index in [4.69, 9.17) is 0 Å². The molecular formula is C7H9F2NO2. The Bertz CT molecular complexity index is 227. The molecule has 0 bridgehead atoms. The molecule has 1 rings (SSSR count). The third-order valence-electron chi connectivity index (χ3n) is 1.33. The van der Waals surface area contributed by atoms with E-state index in [0.29, 0.717) is 5.70 Å². The minimum absolute atomic E-state index is 0.365. The fraction of sp³-hybridized carbons (Fsp3) is 0.571. The highest BCUT2D eigenvalue weighted by molar-refractivity contribution is 5.69. The quantitative estimate of drug-likeness (QED) is 0.696. The summed E-state index contributed by atoms with van der Waals surface area (Å²) in [4.78, 5) is 10.7. The van der Waals surface area contributed by atoms with Crippen molar-refractivity contribution in [3.63, 3.8) is 0 Å². The smallest absolute Gasteiger partial charge is 0.411 e. The van der Waals surface area contributed by atoms with E-state index in [2.05, 4.69) is 16.6 Å². The summed E-state index contributed by atoms with van der Waals surface area (Å²) < 4.78 is 28.7. The van der Waals surface area contributed by atoms with Crippen molar-refractivity contribution in [2.75, 3.05) is 0 Å². The third kappa shape index (κ3) is 2.18. The maximum Gasteiger partial charge on any atom is 0.411 e. The molecule has 1 unspecified atom stereocenters. The number of hydrogen-bond acceptors (Lipinski definition) is 2. The van der Waals surface area contributed by atoms with Crippen molar-refractivity contribution in [3.8, 4) is 0 Å². The second kappa shape index (κ2) is 2.73. The molecule has 0 aromatic rings. The van der Waals surface area contributed by atoms with Crippen molar-refractivity contribution in [2.24, 2.45) is 0 Å². The molecule has 0 radical (unpaired) electrons. The Labute approximate surface area is 68.4 Å². The zero-order valence-electron chi connectivity index (χ0n) is 6.56. The maximum absolute atomic E-state index is 12.2. The zero-order chi connectivity index (χ0) is 9.35. The molecule has 1 atom stereocenters. The molecule has 0 aromatic heterocycles. The van der Waals surface area contributed by atoms with Gasteiger partial charge in [0.05, 0.1) is 6.42 Å². The second-order valence-corrected chi connectivity index (χ2v) is 2.76. The highest BCUT2D eigenvalue weighted by Gasteiger charge is 2.60. The molecule has 68 valence electrons. The number of alkyl halides is 2.